The first kappa shape index (κ1) is 54.2. The number of aliphatic hydroxyl groups is 1. The van der Waals surface area contributed by atoms with Gasteiger partial charge < -0.3 is 19.8 Å². The molecule has 8 nitrogen and oxygen atoms in total. The van der Waals surface area contributed by atoms with Crippen LogP contribution in [0.4, 0.5) is 0 Å². The lowest BCUT2D eigenvalue weighted by Gasteiger charge is -2.25. The third-order valence-corrected chi connectivity index (χ3v) is 11.7. The standard InChI is InChI=1S/C46H93N2O6P/c1-6-8-10-12-14-16-18-19-20-21-22-23-24-25-26-27-28-29-30-32-34-36-38-40-46(50)47-44(43-54-55(51,52)53-42-41-48(3,4)5)45(49)39-37-35-33-31-17-15-13-11-9-7-2/h37,39,44-45,49H,6-36,38,40-43H2,1-5H3,(H-,47,50,51,52)/p+1/b39-37+/t44-,45+/m0/s1. The van der Waals surface area contributed by atoms with Gasteiger partial charge in [-0.15, -0.1) is 0 Å². The van der Waals surface area contributed by atoms with Crippen LogP contribution in [0.15, 0.2) is 12.2 Å². The fraction of sp³-hybridized carbons (Fsp3) is 0.935. The van der Waals surface area contributed by atoms with Gasteiger partial charge in [0.25, 0.3) is 0 Å². The minimum absolute atomic E-state index is 0.0644. The summed E-state index contributed by atoms with van der Waals surface area (Å²) in [7, 11) is 1.58. The van der Waals surface area contributed by atoms with Gasteiger partial charge >= 0.3 is 7.82 Å². The van der Waals surface area contributed by atoms with E-state index in [1.165, 1.54) is 167 Å². The molecular weight excluding hydrogens is 707 g/mol. The van der Waals surface area contributed by atoms with E-state index >= 15 is 0 Å². The van der Waals surface area contributed by atoms with Crippen LogP contribution >= 0.6 is 7.82 Å². The molecule has 0 aromatic heterocycles. The van der Waals surface area contributed by atoms with E-state index in [1.54, 1.807) is 6.08 Å². The predicted molar refractivity (Wildman–Crippen MR) is 235 cm³/mol. The molecule has 0 aliphatic heterocycles. The number of hydrogen-bond donors (Lipinski definition) is 3. The summed E-state index contributed by atoms with van der Waals surface area (Å²) in [4.78, 5) is 23.1. The predicted octanol–water partition coefficient (Wildman–Crippen LogP) is 13.1. The number of aliphatic hydroxyl groups excluding tert-OH is 1. The number of rotatable bonds is 43. The lowest BCUT2D eigenvalue weighted by Crippen LogP contribution is -2.45. The normalized spacial score (nSPS) is 14.4. The summed E-state index contributed by atoms with van der Waals surface area (Å²) in [6.07, 6.45) is 44.4. The highest BCUT2D eigenvalue weighted by Gasteiger charge is 2.27. The van der Waals surface area contributed by atoms with E-state index in [-0.39, 0.29) is 19.1 Å². The molecule has 9 heteroatoms. The van der Waals surface area contributed by atoms with Crippen molar-refractivity contribution in [3.05, 3.63) is 12.2 Å². The number of quaternary nitrogens is 1. The molecule has 3 atom stereocenters. The van der Waals surface area contributed by atoms with Crippen LogP contribution in [0, 0.1) is 0 Å². The molecule has 55 heavy (non-hydrogen) atoms. The van der Waals surface area contributed by atoms with Gasteiger partial charge in [0, 0.05) is 6.42 Å². The number of carbonyl (C=O) groups excluding carboxylic acids is 1. The summed E-state index contributed by atoms with van der Waals surface area (Å²) in [5.41, 5.74) is 0. The maximum atomic E-state index is 12.9. The Morgan fingerprint density at radius 2 is 0.964 bits per heavy atom. The molecule has 0 heterocycles. The van der Waals surface area contributed by atoms with E-state index in [4.69, 9.17) is 9.05 Å². The number of unbranched alkanes of at least 4 members (excludes halogenated alkanes) is 30. The van der Waals surface area contributed by atoms with E-state index in [0.29, 0.717) is 17.4 Å². The van der Waals surface area contributed by atoms with Gasteiger partial charge in [-0.1, -0.05) is 212 Å². The molecule has 328 valence electrons. The quantitative estimate of drug-likeness (QED) is 0.0245. The molecule has 1 amide bonds. The van der Waals surface area contributed by atoms with Crippen molar-refractivity contribution in [2.75, 3.05) is 40.9 Å². The van der Waals surface area contributed by atoms with Crippen molar-refractivity contribution in [3.8, 4) is 0 Å². The fourth-order valence-electron chi connectivity index (χ4n) is 6.98. The Morgan fingerprint density at radius 3 is 1.35 bits per heavy atom. The number of nitrogens with one attached hydrogen (secondary N) is 1. The Balaban J connectivity index is 4.16. The summed E-state index contributed by atoms with van der Waals surface area (Å²) in [6.45, 7) is 4.81. The van der Waals surface area contributed by atoms with Crippen LogP contribution in [0.25, 0.3) is 0 Å². The first-order valence-corrected chi connectivity index (χ1v) is 25.1. The van der Waals surface area contributed by atoms with Crippen LogP contribution in [-0.2, 0) is 18.4 Å². The van der Waals surface area contributed by atoms with Crippen molar-refractivity contribution < 1.29 is 32.9 Å². The molecule has 0 saturated carbocycles. The second-order valence-electron chi connectivity index (χ2n) is 17.5. The summed E-state index contributed by atoms with van der Waals surface area (Å²) in [5.74, 6) is -0.175. The minimum atomic E-state index is -4.33. The fourth-order valence-corrected chi connectivity index (χ4v) is 7.72. The number of phosphoric ester groups is 1. The largest absolute Gasteiger partial charge is 0.472 e. The van der Waals surface area contributed by atoms with Crippen molar-refractivity contribution in [3.63, 3.8) is 0 Å². The molecule has 0 aliphatic carbocycles. The number of hydrogen-bond acceptors (Lipinski definition) is 5. The van der Waals surface area contributed by atoms with Gasteiger partial charge in [-0.3, -0.25) is 13.8 Å². The molecule has 0 fully saturated rings. The van der Waals surface area contributed by atoms with E-state index in [1.807, 2.05) is 27.2 Å². The van der Waals surface area contributed by atoms with E-state index in [2.05, 4.69) is 19.2 Å². The maximum Gasteiger partial charge on any atom is 0.472 e. The number of phosphoric acid groups is 1. The Hall–Kier alpha value is -0.760. The highest BCUT2D eigenvalue weighted by molar-refractivity contribution is 7.47. The Morgan fingerprint density at radius 1 is 0.600 bits per heavy atom. The Kier molecular flexibility index (Phi) is 38.2. The van der Waals surface area contributed by atoms with Gasteiger partial charge in [-0.2, -0.15) is 0 Å². The SMILES string of the molecule is CCCCCCCCCC/C=C/[C@@H](O)[C@H](COP(=O)(O)OCC[N+](C)(C)C)NC(=O)CCCCCCCCCCCCCCCCCCCCCCCCC. The van der Waals surface area contributed by atoms with E-state index in [0.717, 1.165) is 38.5 Å². The second kappa shape index (κ2) is 38.7. The van der Waals surface area contributed by atoms with E-state index < -0.39 is 20.0 Å². The van der Waals surface area contributed by atoms with Gasteiger partial charge in [-0.25, -0.2) is 4.57 Å². The smallest absolute Gasteiger partial charge is 0.387 e. The van der Waals surface area contributed by atoms with Crippen LogP contribution in [-0.4, -0.2) is 73.4 Å². The van der Waals surface area contributed by atoms with Crippen molar-refractivity contribution in [2.24, 2.45) is 0 Å². The number of nitrogens with zero attached hydrogens (tertiary/aromatic N) is 1. The lowest BCUT2D eigenvalue weighted by atomic mass is 10.0. The van der Waals surface area contributed by atoms with Crippen molar-refractivity contribution in [2.45, 2.75) is 238 Å². The summed E-state index contributed by atoms with van der Waals surface area (Å²) in [6, 6.07) is -0.839. The summed E-state index contributed by atoms with van der Waals surface area (Å²) >= 11 is 0. The summed E-state index contributed by atoms with van der Waals surface area (Å²) < 4.78 is 23.5. The molecule has 0 spiro atoms. The zero-order chi connectivity index (χ0) is 40.7. The van der Waals surface area contributed by atoms with E-state index in [9.17, 15) is 19.4 Å². The number of likely N-dealkylation sites (N-methyl/N-ethyl adjacent to an activating group) is 1. The third-order valence-electron chi connectivity index (χ3n) is 10.8. The third kappa shape index (κ3) is 41.2. The van der Waals surface area contributed by atoms with Gasteiger partial charge in [0.2, 0.25) is 5.91 Å². The molecule has 0 aromatic carbocycles. The topological polar surface area (TPSA) is 105 Å². The maximum absolute atomic E-state index is 12.9. The molecule has 3 N–H and O–H groups in total. The van der Waals surface area contributed by atoms with Crippen LogP contribution in [0.3, 0.4) is 0 Å². The zero-order valence-electron chi connectivity index (χ0n) is 37.2. The molecular formula is C46H94N2O6P+. The van der Waals surface area contributed by atoms with Crippen molar-refractivity contribution in [1.29, 1.82) is 0 Å². The first-order valence-electron chi connectivity index (χ1n) is 23.6. The van der Waals surface area contributed by atoms with Gasteiger partial charge in [0.15, 0.2) is 0 Å². The molecule has 1 unspecified atom stereocenters. The molecule has 0 radical (unpaired) electrons. The van der Waals surface area contributed by atoms with Crippen LogP contribution < -0.4 is 5.32 Å². The number of allylic oxidation sites excluding steroid dienone is 1. The first-order chi connectivity index (χ1) is 26.5. The van der Waals surface area contributed by atoms with Crippen molar-refractivity contribution in [1.82, 2.24) is 5.32 Å². The van der Waals surface area contributed by atoms with Crippen molar-refractivity contribution >= 4 is 13.7 Å². The number of carbonyl (C=O) groups is 1. The Bertz CT molecular complexity index is 911. The van der Waals surface area contributed by atoms with Crippen LogP contribution in [0.5, 0.6) is 0 Å². The molecule has 0 aromatic rings. The highest BCUT2D eigenvalue weighted by Crippen LogP contribution is 2.43. The lowest BCUT2D eigenvalue weighted by molar-refractivity contribution is -0.870. The monoisotopic (exact) mass is 802 g/mol. The molecule has 0 bridgehead atoms. The minimum Gasteiger partial charge on any atom is -0.387 e. The van der Waals surface area contributed by atoms with Gasteiger partial charge in [-0.05, 0) is 19.3 Å². The molecule has 0 saturated heterocycles. The molecule has 0 aliphatic rings. The average Bonchev–Trinajstić information content (AvgIpc) is 3.13. The summed E-state index contributed by atoms with van der Waals surface area (Å²) in [5, 5.41) is 13.8. The average molecular weight is 802 g/mol. The second-order valence-corrected chi connectivity index (χ2v) is 18.9. The van der Waals surface area contributed by atoms with Gasteiger partial charge in [0.05, 0.1) is 39.9 Å². The zero-order valence-corrected chi connectivity index (χ0v) is 38.1. The highest BCUT2D eigenvalue weighted by atomic mass is 31.2. The Labute approximate surface area is 342 Å². The van der Waals surface area contributed by atoms with Crippen LogP contribution in [0.2, 0.25) is 0 Å². The molecule has 0 rings (SSSR count). The van der Waals surface area contributed by atoms with Gasteiger partial charge in [0.1, 0.15) is 13.2 Å². The number of amides is 1. The van der Waals surface area contributed by atoms with Crippen LogP contribution in [0.1, 0.15) is 226 Å².